The van der Waals surface area contributed by atoms with Gasteiger partial charge in [-0.2, -0.15) is 0 Å². The maximum Gasteiger partial charge on any atom is 0.227 e. The minimum absolute atomic E-state index is 0.112. The van der Waals surface area contributed by atoms with Gasteiger partial charge in [0.1, 0.15) is 5.82 Å². The van der Waals surface area contributed by atoms with Crippen LogP contribution in [0.2, 0.25) is 0 Å². The van der Waals surface area contributed by atoms with E-state index in [9.17, 15) is 4.79 Å². The van der Waals surface area contributed by atoms with Crippen LogP contribution in [0.15, 0.2) is 53.0 Å². The maximum atomic E-state index is 12.7. The number of para-hydroxylation sites is 3. The molecule has 0 aliphatic carbocycles. The second-order valence-electron chi connectivity index (χ2n) is 7.32. The summed E-state index contributed by atoms with van der Waals surface area (Å²) in [6, 6.07) is 16.1. The van der Waals surface area contributed by atoms with Crippen molar-refractivity contribution in [2.45, 2.75) is 32.7 Å². The molecule has 0 bridgehead atoms. The van der Waals surface area contributed by atoms with Gasteiger partial charge < -0.3 is 9.47 Å². The molecule has 2 aromatic carbocycles. The molecule has 0 unspecified atom stereocenters. The lowest BCUT2D eigenvalue weighted by atomic mass is 10.1. The van der Waals surface area contributed by atoms with Crippen LogP contribution in [0.4, 0.5) is 5.69 Å². The van der Waals surface area contributed by atoms with Crippen LogP contribution in [0.25, 0.3) is 11.0 Å². The number of halogens is 1. The number of fused-ring (bicyclic) bond motifs is 1. The quantitative estimate of drug-likeness (QED) is 0.607. The summed E-state index contributed by atoms with van der Waals surface area (Å²) in [6.07, 6.45) is 0.503. The summed E-state index contributed by atoms with van der Waals surface area (Å²) in [4.78, 5) is 19.5. The van der Waals surface area contributed by atoms with Crippen molar-refractivity contribution in [3.05, 3.63) is 58.8 Å². The van der Waals surface area contributed by atoms with Gasteiger partial charge in [0.2, 0.25) is 5.91 Å². The SMILES string of the molecule is CC(C)Cn1c([C@H]2CC(=O)N(c3ccccc3Br)C2)nc2ccccc21. The molecule has 0 saturated carbocycles. The van der Waals surface area contributed by atoms with E-state index in [-0.39, 0.29) is 11.8 Å². The first-order valence-electron chi connectivity index (χ1n) is 9.04. The van der Waals surface area contributed by atoms with Crippen molar-refractivity contribution < 1.29 is 4.79 Å². The number of carbonyl (C=O) groups excluding carboxylic acids is 1. The average Bonchev–Trinajstić information content (AvgIpc) is 3.16. The Balaban J connectivity index is 1.72. The van der Waals surface area contributed by atoms with Gasteiger partial charge in [-0.3, -0.25) is 4.79 Å². The topological polar surface area (TPSA) is 38.1 Å². The molecule has 1 fully saturated rings. The van der Waals surface area contributed by atoms with Gasteiger partial charge in [0, 0.05) is 29.9 Å². The molecule has 1 atom stereocenters. The van der Waals surface area contributed by atoms with Crippen molar-refractivity contribution in [1.29, 1.82) is 0 Å². The Labute approximate surface area is 162 Å². The monoisotopic (exact) mass is 411 g/mol. The fraction of sp³-hybridized carbons (Fsp3) is 0.333. The van der Waals surface area contributed by atoms with Crippen molar-refractivity contribution >= 4 is 38.6 Å². The Morgan fingerprint density at radius 1 is 1.15 bits per heavy atom. The summed E-state index contributed by atoms with van der Waals surface area (Å²) in [5, 5.41) is 0. The van der Waals surface area contributed by atoms with Gasteiger partial charge in [0.05, 0.1) is 16.7 Å². The zero-order chi connectivity index (χ0) is 18.3. The van der Waals surface area contributed by atoms with Crippen LogP contribution in [-0.4, -0.2) is 22.0 Å². The van der Waals surface area contributed by atoms with Crippen LogP contribution < -0.4 is 4.90 Å². The van der Waals surface area contributed by atoms with E-state index < -0.39 is 0 Å². The summed E-state index contributed by atoms with van der Waals surface area (Å²) in [7, 11) is 0. The van der Waals surface area contributed by atoms with E-state index in [2.05, 4.69) is 52.5 Å². The highest BCUT2D eigenvalue weighted by atomic mass is 79.9. The molecular formula is C21H22BrN3O. The van der Waals surface area contributed by atoms with Crippen molar-refractivity contribution in [3.63, 3.8) is 0 Å². The third-order valence-electron chi connectivity index (χ3n) is 4.87. The van der Waals surface area contributed by atoms with Gasteiger partial charge in [-0.05, 0) is 46.1 Å². The summed E-state index contributed by atoms with van der Waals surface area (Å²) >= 11 is 3.57. The summed E-state index contributed by atoms with van der Waals surface area (Å²) in [5.41, 5.74) is 3.10. The van der Waals surface area contributed by atoms with Crippen molar-refractivity contribution in [3.8, 4) is 0 Å². The van der Waals surface area contributed by atoms with E-state index in [1.54, 1.807) is 0 Å². The van der Waals surface area contributed by atoms with Gasteiger partial charge in [-0.25, -0.2) is 4.98 Å². The maximum absolute atomic E-state index is 12.7. The highest BCUT2D eigenvalue weighted by molar-refractivity contribution is 9.10. The van der Waals surface area contributed by atoms with E-state index in [0.29, 0.717) is 18.9 Å². The fourth-order valence-electron chi connectivity index (χ4n) is 3.75. The van der Waals surface area contributed by atoms with Crippen LogP contribution in [0.5, 0.6) is 0 Å². The van der Waals surface area contributed by atoms with Gasteiger partial charge in [-0.1, -0.05) is 38.1 Å². The Morgan fingerprint density at radius 2 is 1.88 bits per heavy atom. The summed E-state index contributed by atoms with van der Waals surface area (Å²) in [5.74, 6) is 1.82. The first kappa shape index (κ1) is 17.3. The highest BCUT2D eigenvalue weighted by Gasteiger charge is 2.35. The summed E-state index contributed by atoms with van der Waals surface area (Å²) in [6.45, 7) is 6.01. The molecule has 0 N–H and O–H groups in total. The molecule has 1 aliphatic heterocycles. The molecule has 3 aromatic rings. The second-order valence-corrected chi connectivity index (χ2v) is 8.17. The standard InChI is InChI=1S/C21H22BrN3O/c1-14(2)12-25-19-10-6-4-8-17(19)23-21(25)15-11-20(26)24(13-15)18-9-5-3-7-16(18)22/h3-10,14-15H,11-13H2,1-2H3/t15-/m0/s1. The normalized spacial score (nSPS) is 17.6. The largest absolute Gasteiger partial charge is 0.327 e. The predicted octanol–water partition coefficient (Wildman–Crippen LogP) is 4.98. The number of hydrogen-bond donors (Lipinski definition) is 0. The minimum Gasteiger partial charge on any atom is -0.327 e. The van der Waals surface area contributed by atoms with E-state index in [0.717, 1.165) is 33.6 Å². The predicted molar refractivity (Wildman–Crippen MR) is 108 cm³/mol. The third kappa shape index (κ3) is 3.05. The molecule has 134 valence electrons. The van der Waals surface area contributed by atoms with Crippen molar-refractivity contribution in [1.82, 2.24) is 9.55 Å². The molecule has 0 radical (unpaired) electrons. The van der Waals surface area contributed by atoms with E-state index in [4.69, 9.17) is 4.98 Å². The molecule has 1 saturated heterocycles. The fourth-order valence-corrected chi connectivity index (χ4v) is 4.25. The molecule has 4 nitrogen and oxygen atoms in total. The van der Waals surface area contributed by atoms with Crippen molar-refractivity contribution in [2.75, 3.05) is 11.4 Å². The van der Waals surface area contributed by atoms with Gasteiger partial charge in [-0.15, -0.1) is 0 Å². The van der Waals surface area contributed by atoms with Gasteiger partial charge in [0.25, 0.3) is 0 Å². The lowest BCUT2D eigenvalue weighted by Gasteiger charge is -2.19. The van der Waals surface area contributed by atoms with Gasteiger partial charge >= 0.3 is 0 Å². The lowest BCUT2D eigenvalue weighted by Crippen LogP contribution is -2.25. The third-order valence-corrected chi connectivity index (χ3v) is 5.54. The zero-order valence-corrected chi connectivity index (χ0v) is 16.6. The first-order valence-corrected chi connectivity index (χ1v) is 9.84. The number of amides is 1. The van der Waals surface area contributed by atoms with E-state index in [1.807, 2.05) is 35.2 Å². The first-order chi connectivity index (χ1) is 12.5. The van der Waals surface area contributed by atoms with Gasteiger partial charge in [0.15, 0.2) is 0 Å². The van der Waals surface area contributed by atoms with Crippen LogP contribution in [0, 0.1) is 5.92 Å². The average molecular weight is 412 g/mol. The molecule has 0 spiro atoms. The Hall–Kier alpha value is -2.14. The van der Waals surface area contributed by atoms with Crippen LogP contribution >= 0.6 is 15.9 Å². The molecule has 1 amide bonds. The Kier molecular flexibility index (Phi) is 4.57. The number of aromatic nitrogens is 2. The summed E-state index contributed by atoms with van der Waals surface area (Å²) < 4.78 is 3.26. The van der Waals surface area contributed by atoms with Crippen LogP contribution in [-0.2, 0) is 11.3 Å². The molecule has 2 heterocycles. The number of imidazole rings is 1. The minimum atomic E-state index is 0.112. The van der Waals surface area contributed by atoms with Crippen LogP contribution in [0.3, 0.4) is 0 Å². The lowest BCUT2D eigenvalue weighted by molar-refractivity contribution is -0.117. The van der Waals surface area contributed by atoms with E-state index >= 15 is 0 Å². The molecule has 1 aromatic heterocycles. The number of hydrogen-bond acceptors (Lipinski definition) is 2. The van der Waals surface area contributed by atoms with Crippen molar-refractivity contribution in [2.24, 2.45) is 5.92 Å². The molecule has 26 heavy (non-hydrogen) atoms. The Morgan fingerprint density at radius 3 is 2.65 bits per heavy atom. The molecule has 5 heteroatoms. The molecule has 1 aliphatic rings. The number of carbonyl (C=O) groups is 1. The molecule has 4 rings (SSSR count). The molecular weight excluding hydrogens is 390 g/mol. The van der Waals surface area contributed by atoms with E-state index in [1.165, 1.54) is 0 Å². The smallest absolute Gasteiger partial charge is 0.227 e. The Bertz CT molecular complexity index is 963. The second kappa shape index (κ2) is 6.88. The highest BCUT2D eigenvalue weighted by Crippen LogP contribution is 2.36. The van der Waals surface area contributed by atoms with Crippen LogP contribution in [0.1, 0.15) is 32.0 Å². The zero-order valence-electron chi connectivity index (χ0n) is 15.0. The number of anilines is 1. The number of nitrogens with zero attached hydrogens (tertiary/aromatic N) is 3. The number of rotatable bonds is 4. The number of benzene rings is 2.